The second-order valence-corrected chi connectivity index (χ2v) is 9.75. The van der Waals surface area contributed by atoms with E-state index in [0.29, 0.717) is 19.3 Å². The Kier molecular flexibility index (Phi) is 11.3. The van der Waals surface area contributed by atoms with Crippen LogP contribution in [0, 0.1) is 5.92 Å². The molecule has 210 valence electrons. The maximum atomic E-state index is 13.6. The second kappa shape index (κ2) is 14.2. The fraction of sp³-hybridized carbons (Fsp3) is 0.560. The molecule has 1 heterocycles. The predicted molar refractivity (Wildman–Crippen MR) is 141 cm³/mol. The lowest BCUT2D eigenvalue weighted by atomic mass is 10.0. The molecule has 3 amide bonds. The molecule has 0 saturated carbocycles. The van der Waals surface area contributed by atoms with E-state index in [4.69, 9.17) is 17.2 Å². The average molecular weight is 534 g/mol. The molecular formula is C25H39N7O6. The molecule has 38 heavy (non-hydrogen) atoms. The Balaban J connectivity index is 2.15. The molecule has 0 radical (unpaired) electrons. The number of nitrogens with two attached hydrogens (primary N) is 3. The molecule has 0 aromatic heterocycles. The minimum absolute atomic E-state index is 0.0884. The lowest BCUT2D eigenvalue weighted by Crippen LogP contribution is -2.57. The van der Waals surface area contributed by atoms with Crippen LogP contribution in [0.4, 0.5) is 0 Å². The molecule has 1 aliphatic heterocycles. The number of nitrogens with one attached hydrogen (secondary N) is 2. The van der Waals surface area contributed by atoms with Crippen LogP contribution < -0.4 is 27.8 Å². The Hall–Kier alpha value is -3.87. The van der Waals surface area contributed by atoms with Crippen LogP contribution in [0.25, 0.3) is 0 Å². The van der Waals surface area contributed by atoms with Gasteiger partial charge in [-0.3, -0.25) is 19.4 Å². The topological polar surface area (TPSA) is 226 Å². The summed E-state index contributed by atoms with van der Waals surface area (Å²) in [5, 5.41) is 24.1. The van der Waals surface area contributed by atoms with Crippen LogP contribution in [0.3, 0.4) is 0 Å². The van der Waals surface area contributed by atoms with E-state index in [1.807, 2.05) is 0 Å². The number of phenolic OH excluding ortho intramolecular Hbond substituents is 1. The number of carboxylic acid groups (broad SMARTS) is 1. The van der Waals surface area contributed by atoms with Gasteiger partial charge in [-0.15, -0.1) is 0 Å². The molecule has 10 N–H and O–H groups in total. The summed E-state index contributed by atoms with van der Waals surface area (Å²) < 4.78 is 0. The number of hydrogen-bond donors (Lipinski definition) is 7. The molecule has 4 unspecified atom stereocenters. The van der Waals surface area contributed by atoms with Gasteiger partial charge in [0, 0.05) is 13.1 Å². The van der Waals surface area contributed by atoms with Crippen molar-refractivity contribution in [3.63, 3.8) is 0 Å². The van der Waals surface area contributed by atoms with Gasteiger partial charge in [-0.1, -0.05) is 26.0 Å². The molecule has 0 spiro atoms. The first-order chi connectivity index (χ1) is 17.9. The first-order valence-corrected chi connectivity index (χ1v) is 12.6. The number of carbonyl (C=O) groups is 4. The number of amides is 3. The van der Waals surface area contributed by atoms with Gasteiger partial charge >= 0.3 is 5.97 Å². The highest BCUT2D eigenvalue weighted by Gasteiger charge is 2.39. The molecular weight excluding hydrogens is 494 g/mol. The predicted octanol–water partition coefficient (Wildman–Crippen LogP) is -0.983. The molecule has 0 aliphatic carbocycles. The molecule has 1 aromatic rings. The SMILES string of the molecule is CC(C)C(NC(=O)C1CCCN1C(=O)C(CCCN=C(N)N)NC(=O)C(N)Cc1ccc(O)cc1)C(=O)O. The van der Waals surface area contributed by atoms with E-state index >= 15 is 0 Å². The third-order valence-corrected chi connectivity index (χ3v) is 6.36. The molecule has 4 atom stereocenters. The first kappa shape index (κ1) is 30.4. The van der Waals surface area contributed by atoms with Crippen LogP contribution in [0.2, 0.25) is 0 Å². The zero-order valence-electron chi connectivity index (χ0n) is 21.8. The zero-order valence-corrected chi connectivity index (χ0v) is 21.8. The van der Waals surface area contributed by atoms with Gasteiger partial charge in [-0.05, 0) is 55.7 Å². The van der Waals surface area contributed by atoms with Gasteiger partial charge in [0.1, 0.15) is 23.9 Å². The number of nitrogens with zero attached hydrogens (tertiary/aromatic N) is 2. The highest BCUT2D eigenvalue weighted by atomic mass is 16.4. The number of benzene rings is 1. The third kappa shape index (κ3) is 8.91. The number of phenols is 1. The van der Waals surface area contributed by atoms with E-state index in [2.05, 4.69) is 15.6 Å². The van der Waals surface area contributed by atoms with Gasteiger partial charge in [0.2, 0.25) is 17.7 Å². The van der Waals surface area contributed by atoms with Crippen molar-refractivity contribution in [2.75, 3.05) is 13.1 Å². The highest BCUT2D eigenvalue weighted by Crippen LogP contribution is 2.21. The fourth-order valence-corrected chi connectivity index (χ4v) is 4.28. The number of carboxylic acids is 1. The minimum atomic E-state index is -1.16. The van der Waals surface area contributed by atoms with E-state index in [9.17, 15) is 29.4 Å². The number of guanidine groups is 1. The van der Waals surface area contributed by atoms with Crippen LogP contribution in [-0.4, -0.2) is 82.0 Å². The number of likely N-dealkylation sites (tertiary alicyclic amines) is 1. The van der Waals surface area contributed by atoms with E-state index < -0.39 is 47.9 Å². The van der Waals surface area contributed by atoms with Gasteiger partial charge in [-0.25, -0.2) is 4.79 Å². The lowest BCUT2D eigenvalue weighted by Gasteiger charge is -2.30. The summed E-state index contributed by atoms with van der Waals surface area (Å²) in [6.07, 6.45) is 1.68. The maximum absolute atomic E-state index is 13.6. The summed E-state index contributed by atoms with van der Waals surface area (Å²) in [7, 11) is 0. The van der Waals surface area contributed by atoms with Gasteiger partial charge in [-0.2, -0.15) is 0 Å². The number of rotatable bonds is 13. The largest absolute Gasteiger partial charge is 0.508 e. The number of aromatic hydroxyl groups is 1. The number of aliphatic carboxylic acids is 1. The van der Waals surface area contributed by atoms with Crippen LogP contribution in [0.15, 0.2) is 29.3 Å². The van der Waals surface area contributed by atoms with Gasteiger partial charge < -0.3 is 42.9 Å². The van der Waals surface area contributed by atoms with Crippen LogP contribution in [0.5, 0.6) is 5.75 Å². The second-order valence-electron chi connectivity index (χ2n) is 9.75. The summed E-state index contributed by atoms with van der Waals surface area (Å²) in [6.45, 7) is 3.89. The van der Waals surface area contributed by atoms with Crippen molar-refractivity contribution in [1.82, 2.24) is 15.5 Å². The van der Waals surface area contributed by atoms with Crippen molar-refractivity contribution in [3.05, 3.63) is 29.8 Å². The quantitative estimate of drug-likeness (QED) is 0.0937. The van der Waals surface area contributed by atoms with Gasteiger partial charge in [0.15, 0.2) is 5.96 Å². The molecule has 1 saturated heterocycles. The van der Waals surface area contributed by atoms with E-state index in [1.165, 1.54) is 17.0 Å². The normalized spacial score (nSPS) is 17.4. The monoisotopic (exact) mass is 533 g/mol. The molecule has 13 heteroatoms. The molecule has 1 fully saturated rings. The standard InChI is InChI=1S/C25H39N7O6/c1-14(2)20(24(37)38)31-22(35)19-6-4-12-32(19)23(36)18(5-3-11-29-25(27)28)30-21(34)17(26)13-15-7-9-16(33)10-8-15/h7-10,14,17-20,33H,3-6,11-13,26H2,1-2H3,(H,30,34)(H,31,35)(H,37,38)(H4,27,28,29). The van der Waals surface area contributed by atoms with Crippen molar-refractivity contribution < 1.29 is 29.4 Å². The molecule has 13 nitrogen and oxygen atoms in total. The Morgan fingerprint density at radius 2 is 1.79 bits per heavy atom. The van der Waals surface area contributed by atoms with Crippen LogP contribution in [-0.2, 0) is 25.6 Å². The Morgan fingerprint density at radius 1 is 1.13 bits per heavy atom. The van der Waals surface area contributed by atoms with E-state index in [0.717, 1.165) is 5.56 Å². The van der Waals surface area contributed by atoms with Gasteiger partial charge in [0.05, 0.1) is 6.04 Å². The van der Waals surface area contributed by atoms with Crippen molar-refractivity contribution in [1.29, 1.82) is 0 Å². The first-order valence-electron chi connectivity index (χ1n) is 12.6. The Labute approximate surface area is 221 Å². The Bertz CT molecular complexity index is 1010. The summed E-state index contributed by atoms with van der Waals surface area (Å²) in [5.74, 6) is -3.08. The summed E-state index contributed by atoms with van der Waals surface area (Å²) in [5.41, 5.74) is 17.6. The minimum Gasteiger partial charge on any atom is -0.508 e. The molecule has 0 bridgehead atoms. The van der Waals surface area contributed by atoms with Crippen LogP contribution >= 0.6 is 0 Å². The Morgan fingerprint density at radius 3 is 2.37 bits per heavy atom. The van der Waals surface area contributed by atoms with Crippen molar-refractivity contribution >= 4 is 29.7 Å². The lowest BCUT2D eigenvalue weighted by molar-refractivity contribution is -0.145. The molecule has 2 rings (SSSR count). The molecule has 1 aromatic carbocycles. The summed E-state index contributed by atoms with van der Waals surface area (Å²) in [6, 6.07) is 2.37. The zero-order chi connectivity index (χ0) is 28.4. The number of aliphatic imine (C=N–C) groups is 1. The fourth-order valence-electron chi connectivity index (χ4n) is 4.28. The van der Waals surface area contributed by atoms with Crippen molar-refractivity contribution in [2.45, 2.75) is 70.1 Å². The van der Waals surface area contributed by atoms with Crippen molar-refractivity contribution in [3.8, 4) is 5.75 Å². The van der Waals surface area contributed by atoms with Gasteiger partial charge in [0.25, 0.3) is 0 Å². The van der Waals surface area contributed by atoms with E-state index in [1.54, 1.807) is 26.0 Å². The van der Waals surface area contributed by atoms with Crippen molar-refractivity contribution in [2.24, 2.45) is 28.1 Å². The molecule has 1 aliphatic rings. The number of carbonyl (C=O) groups excluding carboxylic acids is 3. The summed E-state index contributed by atoms with van der Waals surface area (Å²) in [4.78, 5) is 56.3. The van der Waals surface area contributed by atoms with Crippen LogP contribution in [0.1, 0.15) is 45.1 Å². The summed E-state index contributed by atoms with van der Waals surface area (Å²) >= 11 is 0. The maximum Gasteiger partial charge on any atom is 0.326 e. The third-order valence-electron chi connectivity index (χ3n) is 6.36. The average Bonchev–Trinajstić information content (AvgIpc) is 3.34. The number of hydrogen-bond acceptors (Lipinski definition) is 7. The highest BCUT2D eigenvalue weighted by molar-refractivity contribution is 5.94. The van der Waals surface area contributed by atoms with E-state index in [-0.39, 0.29) is 43.6 Å². The smallest absolute Gasteiger partial charge is 0.326 e.